The van der Waals surface area contributed by atoms with Crippen LogP contribution in [-0.4, -0.2) is 30.5 Å². The summed E-state index contributed by atoms with van der Waals surface area (Å²) < 4.78 is 21.9. The highest BCUT2D eigenvalue weighted by atomic mass is 32.2. The first kappa shape index (κ1) is 12.1. The van der Waals surface area contributed by atoms with Gasteiger partial charge in [-0.25, -0.2) is 8.42 Å². The molecule has 0 bridgehead atoms. The molecule has 1 atom stereocenters. The fraction of sp³-hybridized carbons (Fsp3) is 0.500. The Morgan fingerprint density at radius 1 is 1.53 bits per heavy atom. The maximum atomic E-state index is 10.9. The van der Waals surface area contributed by atoms with Crippen LogP contribution in [-0.2, 0) is 9.84 Å². The van der Waals surface area contributed by atoms with E-state index in [0.717, 1.165) is 11.8 Å². The molecule has 0 spiro atoms. The molecule has 1 rings (SSSR count). The van der Waals surface area contributed by atoms with Crippen molar-refractivity contribution in [1.82, 2.24) is 4.98 Å². The zero-order valence-corrected chi connectivity index (χ0v) is 9.66. The maximum absolute atomic E-state index is 10.9. The minimum atomic E-state index is -3.02. The van der Waals surface area contributed by atoms with E-state index in [4.69, 9.17) is 0 Å². The van der Waals surface area contributed by atoms with Crippen LogP contribution >= 0.6 is 0 Å². The van der Waals surface area contributed by atoms with Gasteiger partial charge in [-0.2, -0.15) is 0 Å². The molecule has 1 unspecified atom stereocenters. The first-order valence-electron chi connectivity index (χ1n) is 4.66. The van der Waals surface area contributed by atoms with Crippen molar-refractivity contribution in [3.63, 3.8) is 0 Å². The van der Waals surface area contributed by atoms with Crippen molar-refractivity contribution < 1.29 is 13.5 Å². The Labute approximate surface area is 89.9 Å². The minimum absolute atomic E-state index is 0.0114. The van der Waals surface area contributed by atoms with E-state index in [-0.39, 0.29) is 12.2 Å². The number of aliphatic hydroxyl groups excluding tert-OH is 1. The van der Waals surface area contributed by atoms with Crippen LogP contribution in [0.3, 0.4) is 0 Å². The highest BCUT2D eigenvalue weighted by molar-refractivity contribution is 7.90. The lowest BCUT2D eigenvalue weighted by atomic mass is 10.1. The van der Waals surface area contributed by atoms with Gasteiger partial charge in [0.2, 0.25) is 0 Å². The largest absolute Gasteiger partial charge is 0.388 e. The van der Waals surface area contributed by atoms with Gasteiger partial charge in [-0.15, -0.1) is 0 Å². The normalized spacial score (nSPS) is 13.8. The fourth-order valence-electron chi connectivity index (χ4n) is 1.31. The summed E-state index contributed by atoms with van der Waals surface area (Å²) in [6.45, 7) is 1.86. The fourth-order valence-corrected chi connectivity index (χ4v) is 1.96. The monoisotopic (exact) mass is 229 g/mol. The molecule has 1 aromatic heterocycles. The standard InChI is InChI=1S/C10H15NO3S/c1-8-3-5-11-7-9(8)10(12)4-6-15(2,13)14/h3,5,7,10,12H,4,6H2,1-2H3. The van der Waals surface area contributed by atoms with Gasteiger partial charge in [0, 0.05) is 24.2 Å². The lowest BCUT2D eigenvalue weighted by Crippen LogP contribution is -2.09. The van der Waals surface area contributed by atoms with Crippen LogP contribution in [0.4, 0.5) is 0 Å². The molecule has 1 heterocycles. The summed E-state index contributed by atoms with van der Waals surface area (Å²) in [7, 11) is -3.02. The molecule has 1 N–H and O–H groups in total. The molecule has 0 fully saturated rings. The molecular formula is C10H15NO3S. The van der Waals surface area contributed by atoms with Crippen molar-refractivity contribution in [2.45, 2.75) is 19.4 Å². The summed E-state index contributed by atoms with van der Waals surface area (Å²) in [5, 5.41) is 9.76. The van der Waals surface area contributed by atoms with E-state index in [1.807, 2.05) is 6.92 Å². The minimum Gasteiger partial charge on any atom is -0.388 e. The van der Waals surface area contributed by atoms with E-state index in [0.29, 0.717) is 5.56 Å². The second kappa shape index (κ2) is 4.72. The molecule has 15 heavy (non-hydrogen) atoms. The average molecular weight is 229 g/mol. The lowest BCUT2D eigenvalue weighted by Gasteiger charge is -2.11. The van der Waals surface area contributed by atoms with Crippen molar-refractivity contribution in [2.24, 2.45) is 0 Å². The topological polar surface area (TPSA) is 67.3 Å². The Kier molecular flexibility index (Phi) is 3.82. The third-order valence-corrected chi connectivity index (χ3v) is 3.18. The molecule has 0 amide bonds. The number of hydrogen-bond donors (Lipinski definition) is 1. The Bertz CT molecular complexity index is 428. The van der Waals surface area contributed by atoms with Gasteiger partial charge in [-0.1, -0.05) is 0 Å². The van der Waals surface area contributed by atoms with E-state index in [1.165, 1.54) is 0 Å². The molecule has 0 saturated carbocycles. The van der Waals surface area contributed by atoms with Crippen molar-refractivity contribution in [3.05, 3.63) is 29.6 Å². The van der Waals surface area contributed by atoms with E-state index >= 15 is 0 Å². The number of nitrogens with zero attached hydrogens (tertiary/aromatic N) is 1. The zero-order chi connectivity index (χ0) is 11.5. The molecule has 0 aliphatic carbocycles. The predicted molar refractivity (Wildman–Crippen MR) is 58.3 cm³/mol. The lowest BCUT2D eigenvalue weighted by molar-refractivity contribution is 0.173. The number of aryl methyl sites for hydroxylation is 1. The van der Waals surface area contributed by atoms with Crippen molar-refractivity contribution in [3.8, 4) is 0 Å². The third kappa shape index (κ3) is 3.97. The summed E-state index contributed by atoms with van der Waals surface area (Å²) in [5.41, 5.74) is 1.62. The predicted octanol–water partition coefficient (Wildman–Crippen LogP) is 0.858. The summed E-state index contributed by atoms with van der Waals surface area (Å²) in [6.07, 6.45) is 3.83. The number of pyridine rings is 1. The van der Waals surface area contributed by atoms with E-state index in [2.05, 4.69) is 4.98 Å². The summed E-state index contributed by atoms with van der Waals surface area (Å²) >= 11 is 0. The molecule has 0 aromatic carbocycles. The van der Waals surface area contributed by atoms with Gasteiger partial charge in [0.25, 0.3) is 0 Å². The SMILES string of the molecule is Cc1ccncc1C(O)CCS(C)(=O)=O. The molecule has 84 valence electrons. The van der Waals surface area contributed by atoms with Gasteiger partial charge in [0.05, 0.1) is 11.9 Å². The van der Waals surface area contributed by atoms with E-state index < -0.39 is 15.9 Å². The number of aliphatic hydroxyl groups is 1. The van der Waals surface area contributed by atoms with Crippen LogP contribution < -0.4 is 0 Å². The highest BCUT2D eigenvalue weighted by Gasteiger charge is 2.13. The molecule has 0 aliphatic heterocycles. The maximum Gasteiger partial charge on any atom is 0.147 e. The molecule has 1 aromatic rings. The smallest absolute Gasteiger partial charge is 0.147 e. The van der Waals surface area contributed by atoms with Crippen LogP contribution in [0.25, 0.3) is 0 Å². The van der Waals surface area contributed by atoms with Crippen LogP contribution in [0.2, 0.25) is 0 Å². The average Bonchev–Trinajstić information content (AvgIpc) is 2.14. The van der Waals surface area contributed by atoms with Gasteiger partial charge in [-0.3, -0.25) is 4.98 Å². The van der Waals surface area contributed by atoms with Gasteiger partial charge in [-0.05, 0) is 25.0 Å². The second-order valence-electron chi connectivity index (χ2n) is 3.67. The van der Waals surface area contributed by atoms with E-state index in [1.54, 1.807) is 18.5 Å². The van der Waals surface area contributed by atoms with Crippen molar-refractivity contribution in [2.75, 3.05) is 12.0 Å². The first-order chi connectivity index (χ1) is 6.90. The number of hydrogen-bond acceptors (Lipinski definition) is 4. The first-order valence-corrected chi connectivity index (χ1v) is 6.72. The Hall–Kier alpha value is -0.940. The molecular weight excluding hydrogens is 214 g/mol. The van der Waals surface area contributed by atoms with Crippen LogP contribution in [0.1, 0.15) is 23.7 Å². The summed E-state index contributed by atoms with van der Waals surface area (Å²) in [6, 6.07) is 1.79. The summed E-state index contributed by atoms with van der Waals surface area (Å²) in [5.74, 6) is -0.0114. The summed E-state index contributed by atoms with van der Waals surface area (Å²) in [4.78, 5) is 3.90. The van der Waals surface area contributed by atoms with Gasteiger partial charge in [0.15, 0.2) is 0 Å². The third-order valence-electron chi connectivity index (χ3n) is 2.20. The molecule has 0 aliphatic rings. The second-order valence-corrected chi connectivity index (χ2v) is 5.93. The van der Waals surface area contributed by atoms with Crippen LogP contribution in [0, 0.1) is 6.92 Å². The highest BCUT2D eigenvalue weighted by Crippen LogP contribution is 2.19. The molecule has 4 nitrogen and oxygen atoms in total. The zero-order valence-electron chi connectivity index (χ0n) is 8.84. The quantitative estimate of drug-likeness (QED) is 0.831. The Morgan fingerprint density at radius 2 is 2.20 bits per heavy atom. The number of rotatable bonds is 4. The molecule has 0 saturated heterocycles. The van der Waals surface area contributed by atoms with Crippen LogP contribution in [0.5, 0.6) is 0 Å². The van der Waals surface area contributed by atoms with Gasteiger partial charge >= 0.3 is 0 Å². The van der Waals surface area contributed by atoms with Gasteiger partial charge in [0.1, 0.15) is 9.84 Å². The van der Waals surface area contributed by atoms with Crippen molar-refractivity contribution in [1.29, 1.82) is 0 Å². The molecule has 5 heteroatoms. The van der Waals surface area contributed by atoms with Gasteiger partial charge < -0.3 is 5.11 Å². The Balaban J connectivity index is 2.70. The van der Waals surface area contributed by atoms with E-state index in [9.17, 15) is 13.5 Å². The van der Waals surface area contributed by atoms with Crippen molar-refractivity contribution >= 4 is 9.84 Å². The Morgan fingerprint density at radius 3 is 2.73 bits per heavy atom. The molecule has 0 radical (unpaired) electrons. The number of sulfone groups is 1. The van der Waals surface area contributed by atoms with Crippen LogP contribution in [0.15, 0.2) is 18.5 Å². The number of aromatic nitrogens is 1.